The lowest BCUT2D eigenvalue weighted by molar-refractivity contribution is 1.08. The molecule has 1 aliphatic rings. The number of fused-ring (bicyclic) bond motifs is 4. The van der Waals surface area contributed by atoms with Crippen LogP contribution in [0.4, 0.5) is 0 Å². The average Bonchev–Trinajstić information content (AvgIpc) is 3.24. The molecule has 54 heavy (non-hydrogen) atoms. The van der Waals surface area contributed by atoms with Crippen molar-refractivity contribution in [3.8, 4) is 22.3 Å². The fourth-order valence-corrected chi connectivity index (χ4v) is 7.90. The second-order valence-corrected chi connectivity index (χ2v) is 14.1. The largest absolute Gasteiger partial charge is 0.0911 e. The Morgan fingerprint density at radius 3 is 1.83 bits per heavy atom. The monoisotopic (exact) mass is 688 g/mol. The third-order valence-electron chi connectivity index (χ3n) is 10.7. The molecule has 0 radical (unpaired) electrons. The molecule has 1 aliphatic carbocycles. The van der Waals surface area contributed by atoms with Gasteiger partial charge in [0.05, 0.1) is 0 Å². The first-order valence-corrected chi connectivity index (χ1v) is 18.8. The maximum absolute atomic E-state index is 4.71. The smallest absolute Gasteiger partial charge is 0.00933 e. The molecule has 0 N–H and O–H groups in total. The summed E-state index contributed by atoms with van der Waals surface area (Å²) in [5.41, 5.74) is 10.5. The number of benzene rings is 7. The molecule has 0 aliphatic heterocycles. The number of allylic oxidation sites excluding steroid dienone is 2. The van der Waals surface area contributed by atoms with Gasteiger partial charge >= 0.3 is 0 Å². The maximum Gasteiger partial charge on any atom is -0.00933 e. The fraction of sp³-hybridized carbons (Fsp3) is 0.0370. The highest BCUT2D eigenvalue weighted by Crippen LogP contribution is 2.35. The lowest BCUT2D eigenvalue weighted by Crippen LogP contribution is -2.29. The van der Waals surface area contributed by atoms with Gasteiger partial charge in [-0.2, -0.15) is 0 Å². The Bertz CT molecular complexity index is 2940. The predicted octanol–water partition coefficient (Wildman–Crippen LogP) is 13.1. The predicted molar refractivity (Wildman–Crippen MR) is 234 cm³/mol. The molecule has 8 aromatic rings. The van der Waals surface area contributed by atoms with Crippen LogP contribution in [0, 0.1) is 0 Å². The summed E-state index contributed by atoms with van der Waals surface area (Å²) in [4.78, 5) is 0. The Morgan fingerprint density at radius 2 is 1.07 bits per heavy atom. The summed E-state index contributed by atoms with van der Waals surface area (Å²) < 4.78 is 0. The minimum absolute atomic E-state index is 0.957. The van der Waals surface area contributed by atoms with Gasteiger partial charge in [0.25, 0.3) is 0 Å². The van der Waals surface area contributed by atoms with Crippen LogP contribution in [0.15, 0.2) is 201 Å². The van der Waals surface area contributed by atoms with Crippen molar-refractivity contribution >= 4 is 55.6 Å². The first-order valence-electron chi connectivity index (χ1n) is 18.8. The van der Waals surface area contributed by atoms with Crippen molar-refractivity contribution < 1.29 is 0 Å². The van der Waals surface area contributed by atoms with Crippen molar-refractivity contribution in [2.75, 3.05) is 0 Å². The van der Waals surface area contributed by atoms with Gasteiger partial charge in [-0.05, 0) is 124 Å². The van der Waals surface area contributed by atoms with Gasteiger partial charge < -0.3 is 0 Å². The van der Waals surface area contributed by atoms with E-state index in [1.54, 1.807) is 0 Å². The summed E-state index contributed by atoms with van der Waals surface area (Å²) in [6, 6.07) is 68.5. The van der Waals surface area contributed by atoms with E-state index < -0.39 is 0 Å². The second kappa shape index (κ2) is 14.7. The Hall–Kier alpha value is -6.76. The molecule has 0 heteroatoms. The zero-order valence-corrected chi connectivity index (χ0v) is 30.3. The standard InChI is InChI=1S/C54H40/c1-38(25-26-39-13-3-2-4-14-39)49-23-11-20-42(46-29-27-40-15-5-7-18-44(40)35-46)31-33-52(51-24-12-21-43-17-9-10-22-50(43)51)53-34-32-48(37-54(49)53)47-30-28-41-16-6-8-19-45(41)36-47/h2-11,13-23,25-37H,1,12,24H2. The molecule has 0 spiro atoms. The Kier molecular flexibility index (Phi) is 9.01. The summed E-state index contributed by atoms with van der Waals surface area (Å²) in [6.07, 6.45) is 8.68. The molecule has 0 nitrogen and oxygen atoms in total. The Balaban J connectivity index is 1.36. The quantitative estimate of drug-likeness (QED) is 0.153. The van der Waals surface area contributed by atoms with E-state index >= 15 is 0 Å². The first-order chi connectivity index (χ1) is 26.7. The molecule has 0 unspecified atom stereocenters. The van der Waals surface area contributed by atoms with Crippen molar-refractivity contribution in [3.05, 3.63) is 228 Å². The lowest BCUT2D eigenvalue weighted by Gasteiger charge is -2.16. The molecule has 0 fully saturated rings. The SMILES string of the molecule is C=C(C=Cc1ccccc1)c1cccc(-c2ccc3ccccc3c2)ccc(C2=c3ccccc3=CCC2)c2ccc(-c3ccc4ccccc4c3)cc12. The molecule has 0 saturated carbocycles. The summed E-state index contributed by atoms with van der Waals surface area (Å²) in [6.45, 7) is 4.71. The highest BCUT2D eigenvalue weighted by atomic mass is 14.2. The fourth-order valence-electron chi connectivity index (χ4n) is 7.90. The van der Waals surface area contributed by atoms with Gasteiger partial charge in [-0.1, -0.05) is 195 Å². The van der Waals surface area contributed by atoms with Crippen LogP contribution in [0.2, 0.25) is 0 Å². The minimum atomic E-state index is 0.957. The summed E-state index contributed by atoms with van der Waals surface area (Å²) >= 11 is 0. The van der Waals surface area contributed by atoms with E-state index in [1.807, 2.05) is 0 Å². The van der Waals surface area contributed by atoms with Gasteiger partial charge in [0.1, 0.15) is 0 Å². The van der Waals surface area contributed by atoms with Crippen LogP contribution < -0.4 is 10.4 Å². The van der Waals surface area contributed by atoms with E-state index in [0.29, 0.717) is 0 Å². The van der Waals surface area contributed by atoms with Gasteiger partial charge in [0, 0.05) is 0 Å². The highest BCUT2D eigenvalue weighted by molar-refractivity contribution is 6.03. The molecule has 0 bridgehead atoms. The molecule has 9 rings (SSSR count). The number of hydrogen-bond acceptors (Lipinski definition) is 0. The van der Waals surface area contributed by atoms with Gasteiger partial charge in [-0.3, -0.25) is 0 Å². The Labute approximate surface area is 317 Å². The van der Waals surface area contributed by atoms with Gasteiger partial charge in [-0.25, -0.2) is 0 Å². The normalized spacial score (nSPS) is 12.4. The van der Waals surface area contributed by atoms with Crippen molar-refractivity contribution in [1.82, 2.24) is 0 Å². The Morgan fingerprint density at radius 1 is 0.463 bits per heavy atom. The first kappa shape index (κ1) is 33.1. The third kappa shape index (κ3) is 6.67. The van der Waals surface area contributed by atoms with Crippen LogP contribution in [-0.2, 0) is 0 Å². The van der Waals surface area contributed by atoms with Crippen molar-refractivity contribution in [2.45, 2.75) is 12.8 Å². The zero-order chi connectivity index (χ0) is 36.3. The number of rotatable bonds is 6. The third-order valence-corrected chi connectivity index (χ3v) is 10.7. The van der Waals surface area contributed by atoms with E-state index in [-0.39, 0.29) is 0 Å². The molecule has 0 atom stereocenters. The molecular weight excluding hydrogens is 649 g/mol. The average molecular weight is 689 g/mol. The van der Waals surface area contributed by atoms with Crippen molar-refractivity contribution in [1.29, 1.82) is 0 Å². The van der Waals surface area contributed by atoms with Crippen LogP contribution in [0.1, 0.15) is 29.5 Å². The molecular formula is C54H40. The second-order valence-electron chi connectivity index (χ2n) is 14.1. The van der Waals surface area contributed by atoms with Crippen LogP contribution in [0.25, 0.3) is 77.9 Å². The van der Waals surface area contributed by atoms with Gasteiger partial charge in [0.15, 0.2) is 0 Å². The molecule has 0 heterocycles. The highest BCUT2D eigenvalue weighted by Gasteiger charge is 2.13. The zero-order valence-electron chi connectivity index (χ0n) is 30.3. The molecule has 0 amide bonds. The summed E-state index contributed by atoms with van der Waals surface area (Å²) in [5.74, 6) is 0. The van der Waals surface area contributed by atoms with Crippen LogP contribution >= 0.6 is 0 Å². The van der Waals surface area contributed by atoms with Crippen LogP contribution in [0.3, 0.4) is 0 Å². The maximum atomic E-state index is 4.71. The van der Waals surface area contributed by atoms with Gasteiger partial charge in [0.2, 0.25) is 0 Å². The topological polar surface area (TPSA) is 0 Å². The molecule has 256 valence electrons. The minimum Gasteiger partial charge on any atom is -0.0911 e. The summed E-state index contributed by atoms with van der Waals surface area (Å²) in [7, 11) is 0. The van der Waals surface area contributed by atoms with E-state index in [4.69, 9.17) is 6.58 Å². The van der Waals surface area contributed by atoms with E-state index in [9.17, 15) is 0 Å². The van der Waals surface area contributed by atoms with Crippen LogP contribution in [0.5, 0.6) is 0 Å². The van der Waals surface area contributed by atoms with E-state index in [1.165, 1.54) is 70.6 Å². The summed E-state index contributed by atoms with van der Waals surface area (Å²) in [5, 5.41) is 9.94. The van der Waals surface area contributed by atoms with Crippen LogP contribution in [-0.4, -0.2) is 0 Å². The van der Waals surface area contributed by atoms with Gasteiger partial charge in [-0.15, -0.1) is 0 Å². The van der Waals surface area contributed by atoms with Crippen molar-refractivity contribution in [3.63, 3.8) is 0 Å². The van der Waals surface area contributed by atoms with Crippen molar-refractivity contribution in [2.24, 2.45) is 0 Å². The molecule has 8 aromatic carbocycles. The molecule has 0 aromatic heterocycles. The van der Waals surface area contributed by atoms with E-state index in [0.717, 1.165) is 35.1 Å². The molecule has 0 saturated heterocycles. The number of hydrogen-bond donors (Lipinski definition) is 0. The lowest BCUT2D eigenvalue weighted by atomic mass is 9.88. The van der Waals surface area contributed by atoms with E-state index in [2.05, 4.69) is 206 Å².